The van der Waals surface area contributed by atoms with Gasteiger partial charge in [0.2, 0.25) is 0 Å². The number of nitrogens with zero attached hydrogens (tertiary/aromatic N) is 2. The van der Waals surface area contributed by atoms with Gasteiger partial charge < -0.3 is 9.88 Å². The van der Waals surface area contributed by atoms with Crippen LogP contribution in [0.25, 0.3) is 10.8 Å². The normalized spacial score (nSPS) is 10.8. The van der Waals surface area contributed by atoms with E-state index in [9.17, 15) is 0 Å². The highest BCUT2D eigenvalue weighted by atomic mass is 15.1. The van der Waals surface area contributed by atoms with Gasteiger partial charge in [-0.3, -0.25) is 0 Å². The molecule has 0 saturated heterocycles. The molecule has 102 valence electrons. The monoisotopic (exact) mass is 265 g/mol. The molecule has 0 radical (unpaired) electrons. The van der Waals surface area contributed by atoms with Crippen molar-refractivity contribution >= 4 is 16.5 Å². The predicted octanol–water partition coefficient (Wildman–Crippen LogP) is 4.06. The van der Waals surface area contributed by atoms with Crippen molar-refractivity contribution in [1.29, 1.82) is 0 Å². The third-order valence-corrected chi connectivity index (χ3v) is 3.49. The molecule has 3 aromatic rings. The van der Waals surface area contributed by atoms with Crippen LogP contribution in [0, 0.1) is 0 Å². The molecular formula is C17H19N3. The van der Waals surface area contributed by atoms with Crippen LogP contribution in [0.3, 0.4) is 0 Å². The molecule has 20 heavy (non-hydrogen) atoms. The number of rotatable bonds is 5. The first-order chi connectivity index (χ1) is 9.86. The minimum atomic E-state index is 0.804. The van der Waals surface area contributed by atoms with E-state index in [1.54, 1.807) is 0 Å². The summed E-state index contributed by atoms with van der Waals surface area (Å²) < 4.78 is 2.20. The van der Waals surface area contributed by atoms with Crippen molar-refractivity contribution in [3.8, 4) is 0 Å². The van der Waals surface area contributed by atoms with E-state index in [-0.39, 0.29) is 0 Å². The van der Waals surface area contributed by atoms with Gasteiger partial charge >= 0.3 is 0 Å². The molecule has 1 aromatic heterocycles. The van der Waals surface area contributed by atoms with Crippen LogP contribution in [-0.2, 0) is 13.1 Å². The Morgan fingerprint density at radius 3 is 2.80 bits per heavy atom. The van der Waals surface area contributed by atoms with Crippen LogP contribution >= 0.6 is 0 Å². The zero-order chi connectivity index (χ0) is 13.8. The lowest BCUT2D eigenvalue weighted by atomic mass is 10.1. The molecule has 0 spiro atoms. The summed E-state index contributed by atoms with van der Waals surface area (Å²) in [6.07, 6.45) is 4.96. The SMILES string of the molecule is CCCn1cncc1CNc1ccc2ccccc2c1. The Hall–Kier alpha value is -2.29. The van der Waals surface area contributed by atoms with E-state index in [4.69, 9.17) is 0 Å². The highest BCUT2D eigenvalue weighted by Gasteiger charge is 2.01. The molecular weight excluding hydrogens is 246 g/mol. The summed E-state index contributed by atoms with van der Waals surface area (Å²) in [6.45, 7) is 4.01. The highest BCUT2D eigenvalue weighted by Crippen LogP contribution is 2.19. The van der Waals surface area contributed by atoms with Gasteiger partial charge in [-0.25, -0.2) is 4.98 Å². The van der Waals surface area contributed by atoms with Gasteiger partial charge in [-0.05, 0) is 29.3 Å². The third kappa shape index (κ3) is 2.67. The second kappa shape index (κ2) is 5.78. The molecule has 1 N–H and O–H groups in total. The summed E-state index contributed by atoms with van der Waals surface area (Å²) in [7, 11) is 0. The van der Waals surface area contributed by atoms with Gasteiger partial charge in [0, 0.05) is 18.4 Å². The number of aromatic nitrogens is 2. The van der Waals surface area contributed by atoms with Crippen LogP contribution in [0.4, 0.5) is 5.69 Å². The Morgan fingerprint density at radius 2 is 1.95 bits per heavy atom. The Bertz CT molecular complexity index is 700. The third-order valence-electron chi connectivity index (χ3n) is 3.49. The van der Waals surface area contributed by atoms with Crippen molar-refractivity contribution in [1.82, 2.24) is 9.55 Å². The fourth-order valence-electron chi connectivity index (χ4n) is 2.43. The van der Waals surface area contributed by atoms with Crippen LogP contribution in [0.1, 0.15) is 19.0 Å². The van der Waals surface area contributed by atoms with Crippen LogP contribution in [-0.4, -0.2) is 9.55 Å². The van der Waals surface area contributed by atoms with Crippen molar-refractivity contribution in [2.75, 3.05) is 5.32 Å². The number of anilines is 1. The zero-order valence-corrected chi connectivity index (χ0v) is 11.7. The van der Waals surface area contributed by atoms with E-state index in [1.807, 2.05) is 12.5 Å². The molecule has 2 aromatic carbocycles. The van der Waals surface area contributed by atoms with Crippen molar-refractivity contribution < 1.29 is 0 Å². The van der Waals surface area contributed by atoms with E-state index < -0.39 is 0 Å². The van der Waals surface area contributed by atoms with Crippen LogP contribution in [0.15, 0.2) is 55.0 Å². The van der Waals surface area contributed by atoms with Crippen molar-refractivity contribution in [2.24, 2.45) is 0 Å². The fraction of sp³-hybridized carbons (Fsp3) is 0.235. The minimum absolute atomic E-state index is 0.804. The number of hydrogen-bond donors (Lipinski definition) is 1. The van der Waals surface area contributed by atoms with E-state index >= 15 is 0 Å². The van der Waals surface area contributed by atoms with E-state index in [2.05, 4.69) is 64.3 Å². The molecule has 0 aliphatic rings. The first-order valence-electron chi connectivity index (χ1n) is 7.08. The van der Waals surface area contributed by atoms with Gasteiger partial charge in [0.1, 0.15) is 0 Å². The maximum atomic E-state index is 4.23. The number of aryl methyl sites for hydroxylation is 1. The molecule has 0 aliphatic heterocycles. The van der Waals surface area contributed by atoms with Gasteiger partial charge in [-0.15, -0.1) is 0 Å². The molecule has 0 saturated carbocycles. The molecule has 1 heterocycles. The van der Waals surface area contributed by atoms with E-state index in [1.165, 1.54) is 16.5 Å². The molecule has 0 unspecified atom stereocenters. The van der Waals surface area contributed by atoms with Crippen molar-refractivity contribution in [2.45, 2.75) is 26.4 Å². The Morgan fingerprint density at radius 1 is 1.10 bits per heavy atom. The summed E-state index contributed by atoms with van der Waals surface area (Å²) in [6, 6.07) is 14.9. The molecule has 0 amide bonds. The lowest BCUT2D eigenvalue weighted by Gasteiger charge is -2.10. The Balaban J connectivity index is 1.74. The zero-order valence-electron chi connectivity index (χ0n) is 11.7. The summed E-state index contributed by atoms with van der Waals surface area (Å²) in [5.41, 5.74) is 2.37. The Kier molecular flexibility index (Phi) is 3.68. The molecule has 3 rings (SSSR count). The van der Waals surface area contributed by atoms with E-state index in [0.29, 0.717) is 0 Å². The van der Waals surface area contributed by atoms with Crippen molar-refractivity contribution in [3.63, 3.8) is 0 Å². The largest absolute Gasteiger partial charge is 0.379 e. The summed E-state index contributed by atoms with van der Waals surface area (Å²) in [5, 5.41) is 6.01. The topological polar surface area (TPSA) is 29.9 Å². The minimum Gasteiger partial charge on any atom is -0.379 e. The number of nitrogens with one attached hydrogen (secondary N) is 1. The number of fused-ring (bicyclic) bond motifs is 1. The molecule has 0 atom stereocenters. The first kappa shape index (κ1) is 12.7. The lowest BCUT2D eigenvalue weighted by Crippen LogP contribution is -2.06. The van der Waals surface area contributed by atoms with Gasteiger partial charge in [0.25, 0.3) is 0 Å². The van der Waals surface area contributed by atoms with Gasteiger partial charge in [-0.2, -0.15) is 0 Å². The quantitative estimate of drug-likeness (QED) is 0.754. The van der Waals surface area contributed by atoms with Crippen LogP contribution in [0.5, 0.6) is 0 Å². The average molecular weight is 265 g/mol. The van der Waals surface area contributed by atoms with Gasteiger partial charge in [-0.1, -0.05) is 37.3 Å². The van der Waals surface area contributed by atoms with Crippen molar-refractivity contribution in [3.05, 3.63) is 60.7 Å². The van der Waals surface area contributed by atoms with E-state index in [0.717, 1.165) is 25.2 Å². The van der Waals surface area contributed by atoms with Gasteiger partial charge in [0.15, 0.2) is 0 Å². The number of hydrogen-bond acceptors (Lipinski definition) is 2. The molecule has 0 aliphatic carbocycles. The Labute approximate surface area is 119 Å². The summed E-state index contributed by atoms with van der Waals surface area (Å²) >= 11 is 0. The molecule has 0 fully saturated rings. The molecule has 3 heteroatoms. The maximum absolute atomic E-state index is 4.23. The summed E-state index contributed by atoms with van der Waals surface area (Å²) in [5.74, 6) is 0. The lowest BCUT2D eigenvalue weighted by molar-refractivity contribution is 0.651. The highest BCUT2D eigenvalue weighted by molar-refractivity contribution is 5.85. The molecule has 3 nitrogen and oxygen atoms in total. The number of benzene rings is 2. The predicted molar refractivity (Wildman–Crippen MR) is 83.8 cm³/mol. The average Bonchev–Trinajstić information content (AvgIpc) is 2.93. The fourth-order valence-corrected chi connectivity index (χ4v) is 2.43. The second-order valence-corrected chi connectivity index (χ2v) is 4.99. The molecule has 0 bridgehead atoms. The van der Waals surface area contributed by atoms with Gasteiger partial charge in [0.05, 0.1) is 18.6 Å². The van der Waals surface area contributed by atoms with Crippen LogP contribution in [0.2, 0.25) is 0 Å². The maximum Gasteiger partial charge on any atom is 0.0948 e. The standard InChI is InChI=1S/C17H19N3/c1-2-9-20-13-18-11-17(20)12-19-16-8-7-14-5-3-4-6-15(14)10-16/h3-8,10-11,13,19H,2,9,12H2,1H3. The first-order valence-corrected chi connectivity index (χ1v) is 7.08. The smallest absolute Gasteiger partial charge is 0.0948 e. The van der Waals surface area contributed by atoms with Crippen LogP contribution < -0.4 is 5.32 Å². The second-order valence-electron chi connectivity index (χ2n) is 4.99. The summed E-state index contributed by atoms with van der Waals surface area (Å²) in [4.78, 5) is 4.23. The number of imidazole rings is 1.